The van der Waals surface area contributed by atoms with E-state index in [0.717, 1.165) is 22.6 Å². The highest BCUT2D eigenvalue weighted by Crippen LogP contribution is 2.26. The SMILES string of the molecule is CN=C(NCc1ccc(C)cc1Oc1ccccc1)NCC(C)(C)S(C)(=O)=O. The van der Waals surface area contributed by atoms with E-state index in [1.165, 1.54) is 6.26 Å². The average molecular weight is 404 g/mol. The number of aliphatic imine (C=N–C) groups is 1. The molecule has 6 nitrogen and oxygen atoms in total. The smallest absolute Gasteiger partial charge is 0.191 e. The van der Waals surface area contributed by atoms with E-state index in [1.807, 2.05) is 55.5 Å². The Kier molecular flexibility index (Phi) is 7.07. The van der Waals surface area contributed by atoms with Crippen LogP contribution in [0.1, 0.15) is 25.0 Å². The molecule has 0 amide bonds. The molecule has 152 valence electrons. The first-order chi connectivity index (χ1) is 13.1. The summed E-state index contributed by atoms with van der Waals surface area (Å²) in [7, 11) is -1.53. The minimum absolute atomic E-state index is 0.257. The number of aryl methyl sites for hydroxylation is 1. The molecule has 0 aliphatic carbocycles. The van der Waals surface area contributed by atoms with Crippen molar-refractivity contribution in [2.24, 2.45) is 4.99 Å². The van der Waals surface area contributed by atoms with Crippen molar-refractivity contribution in [2.75, 3.05) is 19.8 Å². The lowest BCUT2D eigenvalue weighted by molar-refractivity contribution is 0.474. The van der Waals surface area contributed by atoms with E-state index in [1.54, 1.807) is 20.9 Å². The molecule has 0 heterocycles. The molecular formula is C21H29N3O3S. The molecule has 2 aromatic rings. The van der Waals surface area contributed by atoms with Gasteiger partial charge in [0.1, 0.15) is 11.5 Å². The number of benzene rings is 2. The molecule has 7 heteroatoms. The number of rotatable bonds is 7. The lowest BCUT2D eigenvalue weighted by Crippen LogP contribution is -2.47. The van der Waals surface area contributed by atoms with E-state index in [-0.39, 0.29) is 6.54 Å². The van der Waals surface area contributed by atoms with E-state index in [9.17, 15) is 8.42 Å². The van der Waals surface area contributed by atoms with Crippen LogP contribution in [0.3, 0.4) is 0 Å². The lowest BCUT2D eigenvalue weighted by Gasteiger charge is -2.24. The first kappa shape index (κ1) is 21.8. The minimum atomic E-state index is -3.18. The normalized spacial score (nSPS) is 12.5. The monoisotopic (exact) mass is 403 g/mol. The molecule has 28 heavy (non-hydrogen) atoms. The lowest BCUT2D eigenvalue weighted by atomic mass is 10.1. The molecule has 0 spiro atoms. The summed E-state index contributed by atoms with van der Waals surface area (Å²) in [5.41, 5.74) is 2.08. The summed E-state index contributed by atoms with van der Waals surface area (Å²) < 4.78 is 28.9. The summed E-state index contributed by atoms with van der Waals surface area (Å²) in [6, 6.07) is 15.6. The Morgan fingerprint density at radius 2 is 1.79 bits per heavy atom. The molecule has 0 radical (unpaired) electrons. The van der Waals surface area contributed by atoms with Crippen LogP contribution >= 0.6 is 0 Å². The molecule has 0 unspecified atom stereocenters. The van der Waals surface area contributed by atoms with Crippen LogP contribution in [0.15, 0.2) is 53.5 Å². The van der Waals surface area contributed by atoms with Gasteiger partial charge in [0.2, 0.25) is 0 Å². The maximum absolute atomic E-state index is 11.9. The Labute approximate surface area is 168 Å². The number of nitrogens with one attached hydrogen (secondary N) is 2. The summed E-state index contributed by atoms with van der Waals surface area (Å²) in [5.74, 6) is 2.07. The van der Waals surface area contributed by atoms with Crippen molar-refractivity contribution < 1.29 is 13.2 Å². The van der Waals surface area contributed by atoms with Gasteiger partial charge in [0.25, 0.3) is 0 Å². The molecule has 0 saturated heterocycles. The second-order valence-corrected chi connectivity index (χ2v) is 9.99. The highest BCUT2D eigenvalue weighted by molar-refractivity contribution is 7.92. The predicted octanol–water partition coefficient (Wildman–Crippen LogP) is 3.28. The number of nitrogens with zero attached hydrogens (tertiary/aromatic N) is 1. The third-order valence-corrected chi connectivity index (χ3v) is 6.70. The molecule has 0 fully saturated rings. The Balaban J connectivity index is 2.06. The second-order valence-electron chi connectivity index (χ2n) is 7.34. The molecule has 2 rings (SSSR count). The van der Waals surface area contributed by atoms with Crippen LogP contribution in [0.4, 0.5) is 0 Å². The Morgan fingerprint density at radius 3 is 2.39 bits per heavy atom. The Bertz CT molecular complexity index is 923. The van der Waals surface area contributed by atoms with Crippen LogP contribution in [0.25, 0.3) is 0 Å². The number of sulfone groups is 1. The van der Waals surface area contributed by atoms with Gasteiger partial charge < -0.3 is 15.4 Å². The predicted molar refractivity (Wildman–Crippen MR) is 115 cm³/mol. The van der Waals surface area contributed by atoms with Gasteiger partial charge >= 0.3 is 0 Å². The summed E-state index contributed by atoms with van der Waals surface area (Å²) >= 11 is 0. The Morgan fingerprint density at radius 1 is 1.11 bits per heavy atom. The molecule has 0 atom stereocenters. The molecule has 0 saturated carbocycles. The summed E-state index contributed by atoms with van der Waals surface area (Å²) in [6.07, 6.45) is 1.24. The second kappa shape index (κ2) is 9.10. The summed E-state index contributed by atoms with van der Waals surface area (Å²) in [6.45, 7) is 6.14. The number of ether oxygens (including phenoxy) is 1. The van der Waals surface area contributed by atoms with Crippen LogP contribution in [-0.4, -0.2) is 39.0 Å². The van der Waals surface area contributed by atoms with E-state index in [4.69, 9.17) is 4.74 Å². The molecule has 2 aromatic carbocycles. The third-order valence-electron chi connectivity index (χ3n) is 4.55. The molecule has 0 aliphatic rings. The fourth-order valence-corrected chi connectivity index (χ4v) is 2.68. The number of guanidine groups is 1. The zero-order valence-corrected chi connectivity index (χ0v) is 17.9. The van der Waals surface area contributed by atoms with Crippen LogP contribution in [0.2, 0.25) is 0 Å². The van der Waals surface area contributed by atoms with Crippen LogP contribution < -0.4 is 15.4 Å². The minimum Gasteiger partial charge on any atom is -0.457 e. The van der Waals surface area contributed by atoms with Crippen molar-refractivity contribution in [3.05, 3.63) is 59.7 Å². The van der Waals surface area contributed by atoms with E-state index < -0.39 is 14.6 Å². The van der Waals surface area contributed by atoms with E-state index >= 15 is 0 Å². The summed E-state index contributed by atoms with van der Waals surface area (Å²) in [5, 5.41) is 6.31. The van der Waals surface area contributed by atoms with Gasteiger partial charge in [-0.25, -0.2) is 8.42 Å². The van der Waals surface area contributed by atoms with Gasteiger partial charge in [-0.05, 0) is 44.5 Å². The molecular weight excluding hydrogens is 374 g/mol. The zero-order valence-electron chi connectivity index (χ0n) is 17.1. The quantitative estimate of drug-likeness (QED) is 0.548. The highest BCUT2D eigenvalue weighted by atomic mass is 32.2. The van der Waals surface area contributed by atoms with Gasteiger partial charge in [0.05, 0.1) is 4.75 Å². The van der Waals surface area contributed by atoms with Crippen LogP contribution in [-0.2, 0) is 16.4 Å². The van der Waals surface area contributed by atoms with Gasteiger partial charge in [0, 0.05) is 32.0 Å². The van der Waals surface area contributed by atoms with Crippen molar-refractivity contribution in [3.8, 4) is 11.5 Å². The molecule has 2 N–H and O–H groups in total. The third kappa shape index (κ3) is 5.99. The molecule has 0 aromatic heterocycles. The van der Waals surface area contributed by atoms with Crippen molar-refractivity contribution in [3.63, 3.8) is 0 Å². The fourth-order valence-electron chi connectivity index (χ4n) is 2.35. The molecule has 0 aliphatic heterocycles. The average Bonchev–Trinajstić information content (AvgIpc) is 2.63. The first-order valence-electron chi connectivity index (χ1n) is 9.09. The van der Waals surface area contributed by atoms with Gasteiger partial charge in [-0.15, -0.1) is 0 Å². The number of para-hydroxylation sites is 1. The van der Waals surface area contributed by atoms with Gasteiger partial charge in [0.15, 0.2) is 15.8 Å². The fraction of sp³-hybridized carbons (Fsp3) is 0.381. The number of hydrogen-bond acceptors (Lipinski definition) is 4. The van der Waals surface area contributed by atoms with E-state index in [0.29, 0.717) is 12.5 Å². The van der Waals surface area contributed by atoms with E-state index in [2.05, 4.69) is 15.6 Å². The largest absolute Gasteiger partial charge is 0.457 e. The highest BCUT2D eigenvalue weighted by Gasteiger charge is 2.30. The van der Waals surface area contributed by atoms with Gasteiger partial charge in [-0.1, -0.05) is 30.3 Å². The van der Waals surface area contributed by atoms with Crippen molar-refractivity contribution >= 4 is 15.8 Å². The first-order valence-corrected chi connectivity index (χ1v) is 11.0. The van der Waals surface area contributed by atoms with Crippen LogP contribution in [0, 0.1) is 6.92 Å². The number of hydrogen-bond donors (Lipinski definition) is 2. The Hall–Kier alpha value is -2.54. The van der Waals surface area contributed by atoms with Crippen molar-refractivity contribution in [1.29, 1.82) is 0 Å². The van der Waals surface area contributed by atoms with Crippen molar-refractivity contribution in [2.45, 2.75) is 32.1 Å². The molecule has 0 bridgehead atoms. The maximum atomic E-state index is 11.9. The van der Waals surface area contributed by atoms with Gasteiger partial charge in [-0.2, -0.15) is 0 Å². The van der Waals surface area contributed by atoms with Crippen molar-refractivity contribution in [1.82, 2.24) is 10.6 Å². The standard InChI is InChI=1S/C21H29N3O3S/c1-16-11-12-17(19(13-16)27-18-9-7-6-8-10-18)14-23-20(22-4)24-15-21(2,3)28(5,25)26/h6-13H,14-15H2,1-5H3,(H2,22,23,24). The zero-order chi connectivity index (χ0) is 20.8. The van der Waals surface area contributed by atoms with Gasteiger partial charge in [-0.3, -0.25) is 4.99 Å². The maximum Gasteiger partial charge on any atom is 0.191 e. The summed E-state index contributed by atoms with van der Waals surface area (Å²) in [4.78, 5) is 4.18. The topological polar surface area (TPSA) is 79.8 Å². The van der Waals surface area contributed by atoms with Crippen LogP contribution in [0.5, 0.6) is 11.5 Å².